The lowest BCUT2D eigenvalue weighted by Gasteiger charge is -2.21. The topological polar surface area (TPSA) is 118 Å². The standard InChI is InChI=1S/C23H28ClN5O5S/c1-14(22-25-11-16(24)12-26-22)15(2)35(30,31)13-20-27-28-23(19-9-6-10-34-19)29(20)21-17(32-3)7-5-8-18(21)33-4/h5,7-8,11-12,14-15,19H,6,9-10,13H2,1-4H3/t14-,15-,19+/m0/s1. The summed E-state index contributed by atoms with van der Waals surface area (Å²) >= 11 is 5.88. The van der Waals surface area contributed by atoms with Gasteiger partial charge in [-0.05, 0) is 31.9 Å². The number of halogens is 1. The van der Waals surface area contributed by atoms with Crippen LogP contribution in [0.2, 0.25) is 5.02 Å². The van der Waals surface area contributed by atoms with Crippen LogP contribution in [0.15, 0.2) is 30.6 Å². The molecule has 0 N–H and O–H groups in total. The summed E-state index contributed by atoms with van der Waals surface area (Å²) in [5.41, 5.74) is 0.528. The maximum atomic E-state index is 13.5. The minimum atomic E-state index is -3.71. The molecule has 1 aromatic carbocycles. The van der Waals surface area contributed by atoms with E-state index in [-0.39, 0.29) is 17.7 Å². The predicted molar refractivity (Wildman–Crippen MR) is 130 cm³/mol. The Morgan fingerprint density at radius 1 is 1.14 bits per heavy atom. The van der Waals surface area contributed by atoms with Crippen LogP contribution in [0.4, 0.5) is 0 Å². The van der Waals surface area contributed by atoms with Gasteiger partial charge in [-0.3, -0.25) is 4.57 Å². The van der Waals surface area contributed by atoms with Crippen molar-refractivity contribution in [1.29, 1.82) is 0 Å². The Kier molecular flexibility index (Phi) is 7.58. The fourth-order valence-corrected chi connectivity index (χ4v) is 5.75. The molecule has 0 spiro atoms. The summed E-state index contributed by atoms with van der Waals surface area (Å²) in [7, 11) is -0.625. The van der Waals surface area contributed by atoms with Crippen molar-refractivity contribution in [2.24, 2.45) is 0 Å². The van der Waals surface area contributed by atoms with E-state index in [1.165, 1.54) is 12.4 Å². The van der Waals surface area contributed by atoms with E-state index in [4.69, 9.17) is 25.8 Å². The SMILES string of the molecule is COc1cccc(OC)c1-n1c(CS(=O)(=O)[C@@H](C)[C@H](C)c2ncc(Cl)cn2)nnc1[C@H]1CCCO1. The molecule has 2 aromatic heterocycles. The summed E-state index contributed by atoms with van der Waals surface area (Å²) in [4.78, 5) is 8.39. The highest BCUT2D eigenvalue weighted by atomic mass is 35.5. The van der Waals surface area contributed by atoms with Crippen molar-refractivity contribution in [2.75, 3.05) is 20.8 Å². The number of benzene rings is 1. The zero-order valence-corrected chi connectivity index (χ0v) is 21.6. The molecule has 35 heavy (non-hydrogen) atoms. The number of aromatic nitrogens is 5. The third-order valence-corrected chi connectivity index (χ3v) is 8.64. The molecule has 1 fully saturated rings. The average molecular weight is 522 g/mol. The minimum Gasteiger partial charge on any atom is -0.494 e. The van der Waals surface area contributed by atoms with Gasteiger partial charge >= 0.3 is 0 Å². The number of para-hydroxylation sites is 1. The van der Waals surface area contributed by atoms with Crippen LogP contribution in [-0.4, -0.2) is 59.2 Å². The lowest BCUT2D eigenvalue weighted by Crippen LogP contribution is -2.27. The third kappa shape index (κ3) is 5.12. The summed E-state index contributed by atoms with van der Waals surface area (Å²) in [6.07, 6.45) is 4.23. The van der Waals surface area contributed by atoms with Crippen LogP contribution in [0.3, 0.4) is 0 Å². The highest BCUT2D eigenvalue weighted by Gasteiger charge is 2.34. The smallest absolute Gasteiger partial charge is 0.167 e. The van der Waals surface area contributed by atoms with Crippen LogP contribution in [0, 0.1) is 0 Å². The molecule has 3 atom stereocenters. The molecule has 0 bridgehead atoms. The van der Waals surface area contributed by atoms with Gasteiger partial charge in [-0.1, -0.05) is 24.6 Å². The van der Waals surface area contributed by atoms with E-state index in [9.17, 15) is 8.42 Å². The molecular weight excluding hydrogens is 494 g/mol. The molecule has 0 unspecified atom stereocenters. The molecule has 12 heteroatoms. The molecule has 1 saturated heterocycles. The number of rotatable bonds is 9. The molecule has 0 amide bonds. The van der Waals surface area contributed by atoms with E-state index in [0.29, 0.717) is 40.5 Å². The number of ether oxygens (including phenoxy) is 3. The van der Waals surface area contributed by atoms with Crippen molar-refractivity contribution in [1.82, 2.24) is 24.7 Å². The molecule has 3 heterocycles. The highest BCUT2D eigenvalue weighted by molar-refractivity contribution is 7.91. The van der Waals surface area contributed by atoms with Crippen LogP contribution in [0.1, 0.15) is 56.2 Å². The predicted octanol–water partition coefficient (Wildman–Crippen LogP) is 3.69. The summed E-state index contributed by atoms with van der Waals surface area (Å²) in [5.74, 6) is 1.33. The fourth-order valence-electron chi connectivity index (χ4n) is 4.10. The first-order valence-corrected chi connectivity index (χ1v) is 13.3. The second-order valence-corrected chi connectivity index (χ2v) is 11.2. The van der Waals surface area contributed by atoms with Gasteiger partial charge in [-0.15, -0.1) is 10.2 Å². The Morgan fingerprint density at radius 2 is 1.80 bits per heavy atom. The lowest BCUT2D eigenvalue weighted by atomic mass is 10.1. The van der Waals surface area contributed by atoms with Gasteiger partial charge in [0.15, 0.2) is 21.5 Å². The van der Waals surface area contributed by atoms with E-state index >= 15 is 0 Å². The van der Waals surface area contributed by atoms with Crippen molar-refractivity contribution in [3.8, 4) is 17.2 Å². The molecule has 4 rings (SSSR count). The number of sulfone groups is 1. The largest absolute Gasteiger partial charge is 0.494 e. The average Bonchev–Trinajstić information content (AvgIpc) is 3.52. The molecule has 0 radical (unpaired) electrons. The molecule has 10 nitrogen and oxygen atoms in total. The number of nitrogens with zero attached hydrogens (tertiary/aromatic N) is 5. The molecular formula is C23H28ClN5O5S. The van der Waals surface area contributed by atoms with Crippen molar-refractivity contribution in [2.45, 2.75) is 49.7 Å². The van der Waals surface area contributed by atoms with Gasteiger partial charge in [0.25, 0.3) is 0 Å². The number of hydrogen-bond donors (Lipinski definition) is 0. The van der Waals surface area contributed by atoms with E-state index in [0.717, 1.165) is 12.8 Å². The van der Waals surface area contributed by atoms with Crippen LogP contribution in [0.25, 0.3) is 5.69 Å². The Hall–Kier alpha value is -2.76. The van der Waals surface area contributed by atoms with Crippen LogP contribution < -0.4 is 9.47 Å². The van der Waals surface area contributed by atoms with Crippen LogP contribution >= 0.6 is 11.6 Å². The van der Waals surface area contributed by atoms with Crippen molar-refractivity contribution >= 4 is 21.4 Å². The van der Waals surface area contributed by atoms with Gasteiger partial charge in [0.05, 0.1) is 24.5 Å². The zero-order chi connectivity index (χ0) is 25.2. The van der Waals surface area contributed by atoms with Crippen LogP contribution in [-0.2, 0) is 20.3 Å². The molecule has 0 saturated carbocycles. The second kappa shape index (κ2) is 10.5. The normalized spacial score (nSPS) is 17.8. The highest BCUT2D eigenvalue weighted by Crippen LogP contribution is 2.38. The van der Waals surface area contributed by atoms with E-state index in [1.54, 1.807) is 50.8 Å². The van der Waals surface area contributed by atoms with E-state index in [1.807, 2.05) is 0 Å². The van der Waals surface area contributed by atoms with E-state index in [2.05, 4.69) is 20.2 Å². The van der Waals surface area contributed by atoms with Gasteiger partial charge in [-0.2, -0.15) is 0 Å². The molecule has 0 aliphatic carbocycles. The zero-order valence-electron chi connectivity index (χ0n) is 20.0. The van der Waals surface area contributed by atoms with Crippen molar-refractivity contribution in [3.05, 3.63) is 53.1 Å². The summed E-state index contributed by atoms with van der Waals surface area (Å²) in [6, 6.07) is 5.35. The van der Waals surface area contributed by atoms with Gasteiger partial charge in [0.2, 0.25) is 0 Å². The molecule has 188 valence electrons. The summed E-state index contributed by atoms with van der Waals surface area (Å²) in [6.45, 7) is 4.02. The molecule has 1 aliphatic heterocycles. The van der Waals surface area contributed by atoms with Gasteiger partial charge in [0.1, 0.15) is 34.9 Å². The first-order valence-electron chi connectivity index (χ1n) is 11.2. The maximum Gasteiger partial charge on any atom is 0.167 e. The van der Waals surface area contributed by atoms with Crippen LogP contribution in [0.5, 0.6) is 11.5 Å². The number of methoxy groups -OCH3 is 2. The Labute approximate surface area is 209 Å². The Bertz CT molecular complexity index is 1250. The summed E-state index contributed by atoms with van der Waals surface area (Å²) < 4.78 is 45.8. The molecule has 1 aliphatic rings. The quantitative estimate of drug-likeness (QED) is 0.415. The summed E-state index contributed by atoms with van der Waals surface area (Å²) in [5, 5.41) is 8.24. The van der Waals surface area contributed by atoms with Gasteiger partial charge in [0, 0.05) is 24.9 Å². The monoisotopic (exact) mass is 521 g/mol. The second-order valence-electron chi connectivity index (χ2n) is 8.38. The van der Waals surface area contributed by atoms with Gasteiger partial charge < -0.3 is 14.2 Å². The first-order chi connectivity index (χ1) is 16.8. The van der Waals surface area contributed by atoms with Crippen molar-refractivity contribution in [3.63, 3.8) is 0 Å². The fraction of sp³-hybridized carbons (Fsp3) is 0.478. The molecule has 3 aromatic rings. The Balaban J connectivity index is 1.76. The lowest BCUT2D eigenvalue weighted by molar-refractivity contribution is 0.103. The minimum absolute atomic E-state index is 0.245. The third-order valence-electron chi connectivity index (χ3n) is 6.25. The maximum absolute atomic E-state index is 13.5. The Morgan fingerprint density at radius 3 is 2.37 bits per heavy atom. The van der Waals surface area contributed by atoms with Gasteiger partial charge in [-0.25, -0.2) is 18.4 Å². The van der Waals surface area contributed by atoms with Crippen molar-refractivity contribution < 1.29 is 22.6 Å². The number of hydrogen-bond acceptors (Lipinski definition) is 9. The first kappa shape index (κ1) is 25.3. The van der Waals surface area contributed by atoms with E-state index < -0.39 is 21.0 Å².